The van der Waals surface area contributed by atoms with Gasteiger partial charge in [0, 0.05) is 0 Å². The molecule has 0 aliphatic rings. The third kappa shape index (κ3) is 7.24. The minimum Gasteiger partial charge on any atom is -0.103 e. The highest BCUT2D eigenvalue weighted by Crippen LogP contribution is 2.36. The first-order chi connectivity index (χ1) is 24.8. The zero-order valence-corrected chi connectivity index (χ0v) is 34.0. The van der Waals surface area contributed by atoms with Gasteiger partial charge in [-0.2, -0.15) is 0 Å². The largest absolute Gasteiger partial charge is 0.243 e. The van der Waals surface area contributed by atoms with Crippen LogP contribution in [0.25, 0.3) is 33.4 Å². The third-order valence-corrected chi connectivity index (χ3v) is 12.1. The summed E-state index contributed by atoms with van der Waals surface area (Å²) in [6.45, 7) is 33.6. The van der Waals surface area contributed by atoms with E-state index in [9.17, 15) is 0 Å². The van der Waals surface area contributed by atoms with Crippen LogP contribution in [0.5, 0.6) is 0 Å². The normalized spacial score (nSPS) is 10.7. The van der Waals surface area contributed by atoms with Gasteiger partial charge in [-0.1, -0.05) is 154 Å². The van der Waals surface area contributed by atoms with E-state index < -0.39 is 0 Å². The summed E-state index contributed by atoms with van der Waals surface area (Å²) >= 11 is 0. The van der Waals surface area contributed by atoms with E-state index in [1.807, 2.05) is 6.92 Å². The summed E-state index contributed by atoms with van der Waals surface area (Å²) in [5.74, 6) is 0. The Labute approximate surface area is 323 Å². The Hall–Kier alpha value is -4.88. The van der Waals surface area contributed by atoms with Crippen LogP contribution in [0.2, 0.25) is 0 Å². The SMILES string of the molecule is C.C=CC.Cc1c(C)c(-c2ccccc2)c(C)c(C)c1B(c1c(C)c(C)c(-c2ccccc2)c(C)c1C)c1c(C)c(C)c(-c2ccccc2)c(C)c1C. The fourth-order valence-electron chi connectivity index (χ4n) is 8.87. The Balaban J connectivity index is 0.00000152. The van der Waals surface area contributed by atoms with Gasteiger partial charge in [-0.05, 0) is 157 Å². The molecule has 0 unspecified atom stereocenters. The van der Waals surface area contributed by atoms with Crippen LogP contribution in [-0.2, 0) is 0 Å². The van der Waals surface area contributed by atoms with Crippen molar-refractivity contribution < 1.29 is 0 Å². The maximum atomic E-state index is 3.36. The summed E-state index contributed by atoms with van der Waals surface area (Å²) in [4.78, 5) is 0. The Kier molecular flexibility index (Phi) is 13.0. The molecule has 0 spiro atoms. The smallest absolute Gasteiger partial charge is 0.103 e. The third-order valence-electron chi connectivity index (χ3n) is 12.1. The highest BCUT2D eigenvalue weighted by atomic mass is 14.3. The van der Waals surface area contributed by atoms with Crippen LogP contribution in [0.15, 0.2) is 104 Å². The molecule has 0 aliphatic heterocycles. The van der Waals surface area contributed by atoms with Gasteiger partial charge < -0.3 is 0 Å². The van der Waals surface area contributed by atoms with Crippen molar-refractivity contribution in [1.82, 2.24) is 0 Å². The number of hydrogen-bond acceptors (Lipinski definition) is 0. The van der Waals surface area contributed by atoms with Crippen LogP contribution in [0.4, 0.5) is 0 Å². The van der Waals surface area contributed by atoms with Crippen molar-refractivity contribution >= 4 is 23.1 Å². The molecule has 0 nitrogen and oxygen atoms in total. The van der Waals surface area contributed by atoms with Crippen molar-refractivity contribution in [3.05, 3.63) is 170 Å². The summed E-state index contributed by atoms with van der Waals surface area (Å²) in [5.41, 5.74) is 29.1. The van der Waals surface area contributed by atoms with Gasteiger partial charge in [0.15, 0.2) is 0 Å². The average Bonchev–Trinajstić information content (AvgIpc) is 3.14. The molecule has 0 heterocycles. The van der Waals surface area contributed by atoms with E-state index in [2.05, 4.69) is 181 Å². The summed E-state index contributed by atoms with van der Waals surface area (Å²) < 4.78 is 0. The Morgan fingerprint density at radius 1 is 0.340 bits per heavy atom. The molecule has 0 radical (unpaired) electrons. The standard InChI is InChI=1S/C48H51B.C3H6.CH4/c1-28-34(7)46(35(8)29(2)43(28)40-22-16-13-17-23-40)49(47-36(9)30(3)44(31(4)37(47)10)41-24-18-14-19-25-41)48-38(11)32(5)45(33(6)39(48)12)42-26-20-15-21-27-42;1-3-2;/h13-27H,1-12H3;3H,1H2,2H3;1H4. The molecule has 0 saturated carbocycles. The molecule has 53 heavy (non-hydrogen) atoms. The average molecular weight is 697 g/mol. The summed E-state index contributed by atoms with van der Waals surface area (Å²) in [7, 11) is 0. The number of benzene rings is 6. The Morgan fingerprint density at radius 2 is 0.509 bits per heavy atom. The molecular weight excluding hydrogens is 635 g/mol. The molecule has 0 bridgehead atoms. The molecule has 0 amide bonds. The molecular formula is C52H61B. The molecule has 6 aromatic carbocycles. The van der Waals surface area contributed by atoms with Crippen LogP contribution >= 0.6 is 0 Å². The molecule has 0 fully saturated rings. The van der Waals surface area contributed by atoms with E-state index in [4.69, 9.17) is 0 Å². The second-order valence-electron chi connectivity index (χ2n) is 14.8. The van der Waals surface area contributed by atoms with Crippen LogP contribution in [0.1, 0.15) is 81.1 Å². The maximum Gasteiger partial charge on any atom is 0.243 e. The molecule has 0 saturated heterocycles. The van der Waals surface area contributed by atoms with Crippen LogP contribution in [0, 0.1) is 83.1 Å². The van der Waals surface area contributed by atoms with Gasteiger partial charge >= 0.3 is 0 Å². The molecule has 0 atom stereocenters. The first-order valence-corrected chi connectivity index (χ1v) is 18.8. The van der Waals surface area contributed by atoms with Gasteiger partial charge in [0.25, 0.3) is 0 Å². The van der Waals surface area contributed by atoms with Gasteiger partial charge in [0.05, 0.1) is 0 Å². The van der Waals surface area contributed by atoms with Crippen molar-refractivity contribution in [3.8, 4) is 33.4 Å². The van der Waals surface area contributed by atoms with E-state index >= 15 is 0 Å². The van der Waals surface area contributed by atoms with E-state index in [-0.39, 0.29) is 14.1 Å². The number of rotatable bonds is 6. The molecule has 0 N–H and O–H groups in total. The van der Waals surface area contributed by atoms with Crippen LogP contribution in [-0.4, -0.2) is 6.71 Å². The number of hydrogen-bond donors (Lipinski definition) is 0. The van der Waals surface area contributed by atoms with Gasteiger partial charge in [0.2, 0.25) is 6.71 Å². The Bertz CT molecular complexity index is 1910. The predicted octanol–water partition coefficient (Wildman–Crippen LogP) is 12.7. The second-order valence-corrected chi connectivity index (χ2v) is 14.8. The minimum absolute atomic E-state index is 0. The first kappa shape index (κ1) is 40.9. The molecule has 272 valence electrons. The van der Waals surface area contributed by atoms with Crippen LogP contribution < -0.4 is 16.4 Å². The zero-order chi connectivity index (χ0) is 38.0. The van der Waals surface area contributed by atoms with Crippen molar-refractivity contribution in [3.63, 3.8) is 0 Å². The quantitative estimate of drug-likeness (QED) is 0.120. The van der Waals surface area contributed by atoms with Crippen molar-refractivity contribution in [1.29, 1.82) is 0 Å². The fourth-order valence-corrected chi connectivity index (χ4v) is 8.87. The fraction of sp³-hybridized carbons (Fsp3) is 0.269. The Morgan fingerprint density at radius 3 is 0.679 bits per heavy atom. The molecule has 0 aliphatic carbocycles. The summed E-state index contributed by atoms with van der Waals surface area (Å²) in [6.07, 6.45) is 1.75. The lowest BCUT2D eigenvalue weighted by Gasteiger charge is -2.33. The van der Waals surface area contributed by atoms with E-state index in [0.717, 1.165) is 0 Å². The van der Waals surface area contributed by atoms with E-state index in [0.29, 0.717) is 0 Å². The molecule has 1 heteroatoms. The molecule has 0 aromatic heterocycles. The van der Waals surface area contributed by atoms with Crippen molar-refractivity contribution in [2.24, 2.45) is 0 Å². The summed E-state index contributed by atoms with van der Waals surface area (Å²) in [6, 6.07) is 32.9. The minimum atomic E-state index is 0. The maximum absolute atomic E-state index is 3.36. The predicted molar refractivity (Wildman–Crippen MR) is 240 cm³/mol. The van der Waals surface area contributed by atoms with E-state index in [1.54, 1.807) is 6.08 Å². The summed E-state index contributed by atoms with van der Waals surface area (Å²) in [5, 5.41) is 0. The highest BCUT2D eigenvalue weighted by Gasteiger charge is 2.35. The highest BCUT2D eigenvalue weighted by molar-refractivity contribution is 6.97. The second kappa shape index (κ2) is 16.9. The van der Waals surface area contributed by atoms with Crippen molar-refractivity contribution in [2.75, 3.05) is 0 Å². The van der Waals surface area contributed by atoms with Gasteiger partial charge in [0.1, 0.15) is 0 Å². The van der Waals surface area contributed by atoms with Gasteiger partial charge in [-0.15, -0.1) is 6.58 Å². The number of allylic oxidation sites excluding steroid dienone is 1. The lowest BCUT2D eigenvalue weighted by molar-refractivity contribution is 1.25. The molecule has 6 aromatic rings. The zero-order valence-electron chi connectivity index (χ0n) is 34.0. The first-order valence-electron chi connectivity index (χ1n) is 18.8. The lowest BCUT2D eigenvalue weighted by atomic mass is 9.32. The van der Waals surface area contributed by atoms with Crippen LogP contribution in [0.3, 0.4) is 0 Å². The lowest BCUT2D eigenvalue weighted by Crippen LogP contribution is -2.58. The molecule has 6 rings (SSSR count). The van der Waals surface area contributed by atoms with Gasteiger partial charge in [-0.25, -0.2) is 0 Å². The topological polar surface area (TPSA) is 0 Å². The van der Waals surface area contributed by atoms with Gasteiger partial charge in [-0.3, -0.25) is 0 Å². The monoisotopic (exact) mass is 696 g/mol. The van der Waals surface area contributed by atoms with Crippen molar-refractivity contribution in [2.45, 2.75) is 97.4 Å². The van der Waals surface area contributed by atoms with E-state index in [1.165, 1.54) is 117 Å².